The van der Waals surface area contributed by atoms with Crippen LogP contribution in [0.2, 0.25) is 0 Å². The van der Waals surface area contributed by atoms with Crippen molar-refractivity contribution in [3.63, 3.8) is 0 Å². The van der Waals surface area contributed by atoms with E-state index in [1.807, 2.05) is 48.9 Å². The van der Waals surface area contributed by atoms with Crippen LogP contribution in [-0.4, -0.2) is 15.5 Å². The molecule has 0 saturated heterocycles. The summed E-state index contributed by atoms with van der Waals surface area (Å²) in [5.41, 5.74) is 3.10. The van der Waals surface area contributed by atoms with Crippen molar-refractivity contribution in [2.75, 3.05) is 0 Å². The molecule has 0 atom stereocenters. The Morgan fingerprint density at radius 1 is 1.35 bits per heavy atom. The minimum absolute atomic E-state index is 0.0239. The molecule has 0 bridgehead atoms. The minimum Gasteiger partial charge on any atom is -0.347 e. The molecule has 0 unspecified atom stereocenters. The molecule has 20 heavy (non-hydrogen) atoms. The van der Waals surface area contributed by atoms with Crippen LogP contribution in [-0.2, 0) is 13.6 Å². The highest BCUT2D eigenvalue weighted by atomic mass is 32.1. The lowest BCUT2D eigenvalue weighted by molar-refractivity contribution is 0.0955. The van der Waals surface area contributed by atoms with Crippen molar-refractivity contribution < 1.29 is 4.79 Å². The maximum atomic E-state index is 12.0. The van der Waals surface area contributed by atoms with E-state index in [4.69, 9.17) is 0 Å². The Hall–Kier alpha value is -2.14. The second kappa shape index (κ2) is 5.09. The van der Waals surface area contributed by atoms with Gasteiger partial charge in [-0.2, -0.15) is 0 Å². The molecule has 3 aromatic rings. The SMILES string of the molecule is Cc1ccc(C(=O)NCc2ccc3c(c2)ncn3C)s1. The Morgan fingerprint density at radius 2 is 2.20 bits per heavy atom. The normalized spacial score (nSPS) is 10.9. The second-order valence-electron chi connectivity index (χ2n) is 4.77. The lowest BCUT2D eigenvalue weighted by atomic mass is 10.2. The van der Waals surface area contributed by atoms with Gasteiger partial charge in [0.1, 0.15) is 0 Å². The van der Waals surface area contributed by atoms with Gasteiger partial charge in [0.15, 0.2) is 0 Å². The summed E-state index contributed by atoms with van der Waals surface area (Å²) in [7, 11) is 1.97. The monoisotopic (exact) mass is 285 g/mol. The van der Waals surface area contributed by atoms with E-state index in [0.29, 0.717) is 6.54 Å². The van der Waals surface area contributed by atoms with Crippen molar-refractivity contribution in [3.8, 4) is 0 Å². The summed E-state index contributed by atoms with van der Waals surface area (Å²) >= 11 is 1.51. The molecular formula is C15H15N3OS. The first-order valence-corrected chi connectivity index (χ1v) is 7.20. The molecule has 1 N–H and O–H groups in total. The standard InChI is InChI=1S/C15H15N3OS/c1-10-3-6-14(20-10)15(19)16-8-11-4-5-13-12(7-11)17-9-18(13)2/h3-7,9H,8H2,1-2H3,(H,16,19). The molecule has 2 heterocycles. The predicted octanol–water partition coefficient (Wildman–Crippen LogP) is 2.87. The molecule has 102 valence electrons. The first-order chi connectivity index (χ1) is 9.63. The molecule has 0 aliphatic carbocycles. The maximum absolute atomic E-state index is 12.0. The summed E-state index contributed by atoms with van der Waals surface area (Å²) in [6.07, 6.45) is 1.79. The van der Waals surface area contributed by atoms with Crippen LogP contribution < -0.4 is 5.32 Å². The summed E-state index contributed by atoms with van der Waals surface area (Å²) in [5.74, 6) is -0.0239. The van der Waals surface area contributed by atoms with Crippen molar-refractivity contribution in [2.24, 2.45) is 7.05 Å². The van der Waals surface area contributed by atoms with Gasteiger partial charge in [-0.3, -0.25) is 4.79 Å². The van der Waals surface area contributed by atoms with Crippen LogP contribution in [0.1, 0.15) is 20.1 Å². The molecule has 1 amide bonds. The molecular weight excluding hydrogens is 270 g/mol. The van der Waals surface area contributed by atoms with Gasteiger partial charge in [-0.15, -0.1) is 11.3 Å². The Bertz CT molecular complexity index is 772. The number of nitrogens with one attached hydrogen (secondary N) is 1. The van der Waals surface area contributed by atoms with Gasteiger partial charge >= 0.3 is 0 Å². The number of thiophene rings is 1. The van der Waals surface area contributed by atoms with Crippen LogP contribution in [0, 0.1) is 6.92 Å². The zero-order valence-corrected chi connectivity index (χ0v) is 12.2. The summed E-state index contributed by atoms with van der Waals surface area (Å²) in [6, 6.07) is 9.87. The van der Waals surface area contributed by atoms with Crippen molar-refractivity contribution in [3.05, 3.63) is 52.0 Å². The van der Waals surface area contributed by atoms with Gasteiger partial charge in [-0.25, -0.2) is 4.98 Å². The number of nitrogens with zero attached hydrogens (tertiary/aromatic N) is 2. The minimum atomic E-state index is -0.0239. The lowest BCUT2D eigenvalue weighted by Gasteiger charge is -2.04. The third kappa shape index (κ3) is 2.44. The second-order valence-corrected chi connectivity index (χ2v) is 6.06. The first kappa shape index (κ1) is 12.9. The average Bonchev–Trinajstić information content (AvgIpc) is 3.03. The number of aromatic nitrogens is 2. The number of amides is 1. The van der Waals surface area contributed by atoms with Crippen molar-refractivity contribution in [2.45, 2.75) is 13.5 Å². The summed E-state index contributed by atoms with van der Waals surface area (Å²) in [6.45, 7) is 2.51. The molecule has 5 heteroatoms. The topological polar surface area (TPSA) is 46.9 Å². The molecule has 3 rings (SSSR count). The molecule has 0 aliphatic heterocycles. The van der Waals surface area contributed by atoms with E-state index < -0.39 is 0 Å². The van der Waals surface area contributed by atoms with Crippen molar-refractivity contribution >= 4 is 28.3 Å². The van der Waals surface area contributed by atoms with Gasteiger partial charge in [-0.1, -0.05) is 6.07 Å². The molecule has 0 spiro atoms. The number of carbonyl (C=O) groups is 1. The smallest absolute Gasteiger partial charge is 0.261 e. The van der Waals surface area contributed by atoms with Gasteiger partial charge in [0.25, 0.3) is 5.91 Å². The van der Waals surface area contributed by atoms with Gasteiger partial charge in [0, 0.05) is 18.5 Å². The van der Waals surface area contributed by atoms with Gasteiger partial charge in [0.2, 0.25) is 0 Å². The largest absolute Gasteiger partial charge is 0.347 e. The highest BCUT2D eigenvalue weighted by Gasteiger charge is 2.08. The van der Waals surface area contributed by atoms with Gasteiger partial charge in [-0.05, 0) is 36.8 Å². The number of benzene rings is 1. The number of hydrogen-bond acceptors (Lipinski definition) is 3. The molecule has 4 nitrogen and oxygen atoms in total. The fourth-order valence-corrected chi connectivity index (χ4v) is 2.90. The predicted molar refractivity (Wildman–Crippen MR) is 80.9 cm³/mol. The van der Waals surface area contributed by atoms with Crippen molar-refractivity contribution in [1.82, 2.24) is 14.9 Å². The van der Waals surface area contributed by atoms with E-state index >= 15 is 0 Å². The summed E-state index contributed by atoms with van der Waals surface area (Å²) in [4.78, 5) is 18.2. The molecule has 0 aliphatic rings. The number of aryl methyl sites for hydroxylation is 2. The van der Waals surface area contributed by atoms with Gasteiger partial charge < -0.3 is 9.88 Å². The van der Waals surface area contributed by atoms with Crippen LogP contribution in [0.5, 0.6) is 0 Å². The fourth-order valence-electron chi connectivity index (χ4n) is 2.12. The zero-order chi connectivity index (χ0) is 14.1. The lowest BCUT2D eigenvalue weighted by Crippen LogP contribution is -2.21. The third-order valence-electron chi connectivity index (χ3n) is 3.21. The summed E-state index contributed by atoms with van der Waals surface area (Å²) in [5, 5.41) is 2.94. The Labute approximate surface area is 121 Å². The average molecular weight is 285 g/mol. The van der Waals surface area contributed by atoms with E-state index in [0.717, 1.165) is 26.4 Å². The number of imidazole rings is 1. The van der Waals surface area contributed by atoms with Crippen LogP contribution in [0.25, 0.3) is 11.0 Å². The van der Waals surface area contributed by atoms with Crippen LogP contribution in [0.4, 0.5) is 0 Å². The van der Waals surface area contributed by atoms with E-state index in [1.165, 1.54) is 11.3 Å². The van der Waals surface area contributed by atoms with Crippen molar-refractivity contribution in [1.29, 1.82) is 0 Å². The fraction of sp³-hybridized carbons (Fsp3) is 0.200. The van der Waals surface area contributed by atoms with E-state index in [1.54, 1.807) is 6.33 Å². The third-order valence-corrected chi connectivity index (χ3v) is 4.21. The number of rotatable bonds is 3. The Balaban J connectivity index is 1.72. The quantitative estimate of drug-likeness (QED) is 0.804. The Morgan fingerprint density at radius 3 is 2.95 bits per heavy atom. The van der Waals surface area contributed by atoms with Crippen LogP contribution in [0.3, 0.4) is 0 Å². The number of fused-ring (bicyclic) bond motifs is 1. The zero-order valence-electron chi connectivity index (χ0n) is 11.4. The van der Waals surface area contributed by atoms with E-state index in [2.05, 4.69) is 10.3 Å². The first-order valence-electron chi connectivity index (χ1n) is 6.38. The highest BCUT2D eigenvalue weighted by Crippen LogP contribution is 2.16. The molecule has 0 radical (unpaired) electrons. The molecule has 0 saturated carbocycles. The van der Waals surface area contributed by atoms with E-state index in [9.17, 15) is 4.79 Å². The summed E-state index contributed by atoms with van der Waals surface area (Å²) < 4.78 is 1.98. The number of hydrogen-bond donors (Lipinski definition) is 1. The molecule has 2 aromatic heterocycles. The van der Waals surface area contributed by atoms with E-state index in [-0.39, 0.29) is 5.91 Å². The molecule has 0 fully saturated rings. The number of carbonyl (C=O) groups excluding carboxylic acids is 1. The molecule has 1 aromatic carbocycles. The van der Waals surface area contributed by atoms with Gasteiger partial charge in [0.05, 0.1) is 22.2 Å². The Kier molecular flexibility index (Phi) is 3.28. The highest BCUT2D eigenvalue weighted by molar-refractivity contribution is 7.13. The van der Waals surface area contributed by atoms with Crippen LogP contribution >= 0.6 is 11.3 Å². The van der Waals surface area contributed by atoms with Crippen LogP contribution in [0.15, 0.2) is 36.7 Å². The maximum Gasteiger partial charge on any atom is 0.261 e.